The lowest BCUT2D eigenvalue weighted by atomic mass is 10.1. The monoisotopic (exact) mass is 452 g/mol. The number of aliphatic imine (C=N–C) groups is 1. The van der Waals surface area contributed by atoms with E-state index in [0.29, 0.717) is 49.1 Å². The molecule has 0 saturated carbocycles. The summed E-state index contributed by atoms with van der Waals surface area (Å²) in [6.07, 6.45) is 3.87. The summed E-state index contributed by atoms with van der Waals surface area (Å²) in [5, 5.41) is 5.86. The molecule has 0 unspecified atom stereocenters. The summed E-state index contributed by atoms with van der Waals surface area (Å²) in [4.78, 5) is 26.7. The number of hydrogen-bond acceptors (Lipinski definition) is 7. The van der Waals surface area contributed by atoms with E-state index in [0.717, 1.165) is 17.2 Å². The number of nitrogens with one attached hydrogen (secondary N) is 2. The number of piperazine rings is 1. The summed E-state index contributed by atoms with van der Waals surface area (Å²) in [7, 11) is 0. The number of fused-ring (bicyclic) bond motifs is 1. The second-order valence-electron chi connectivity index (χ2n) is 8.31. The predicted octanol–water partition coefficient (Wildman–Crippen LogP) is 3.21. The number of amides is 1. The lowest BCUT2D eigenvalue weighted by Gasteiger charge is -2.28. The Morgan fingerprint density at radius 1 is 1.15 bits per heavy atom. The Hall–Kier alpha value is -3.82. The van der Waals surface area contributed by atoms with Gasteiger partial charge in [0.05, 0.1) is 13.1 Å². The molecule has 0 bridgehead atoms. The summed E-state index contributed by atoms with van der Waals surface area (Å²) in [5.74, 6) is -0.233. The Morgan fingerprint density at radius 3 is 2.76 bits per heavy atom. The Labute approximate surface area is 189 Å². The van der Waals surface area contributed by atoms with E-state index in [9.17, 15) is 9.18 Å². The molecule has 1 fully saturated rings. The van der Waals surface area contributed by atoms with Gasteiger partial charge in [-0.25, -0.2) is 8.78 Å². The predicted molar refractivity (Wildman–Crippen MR) is 121 cm³/mol. The van der Waals surface area contributed by atoms with Crippen molar-refractivity contribution in [2.75, 3.05) is 36.4 Å². The van der Waals surface area contributed by atoms with E-state index in [4.69, 9.17) is 4.74 Å². The molecule has 33 heavy (non-hydrogen) atoms. The van der Waals surface area contributed by atoms with E-state index in [2.05, 4.69) is 25.6 Å². The van der Waals surface area contributed by atoms with Gasteiger partial charge in [0, 0.05) is 36.3 Å². The van der Waals surface area contributed by atoms with Crippen LogP contribution in [0.15, 0.2) is 34.3 Å². The number of benzene rings is 1. The first-order valence-electron chi connectivity index (χ1n) is 10.6. The van der Waals surface area contributed by atoms with Gasteiger partial charge in [-0.1, -0.05) is 11.6 Å². The molecule has 1 saturated heterocycles. The quantitative estimate of drug-likeness (QED) is 0.740. The van der Waals surface area contributed by atoms with Crippen molar-refractivity contribution in [1.29, 1.82) is 0 Å². The van der Waals surface area contributed by atoms with Gasteiger partial charge < -0.3 is 20.3 Å². The first-order chi connectivity index (χ1) is 15.9. The fourth-order valence-electron chi connectivity index (χ4n) is 4.00. The number of amidine groups is 1. The number of rotatable bonds is 4. The van der Waals surface area contributed by atoms with Gasteiger partial charge in [0.25, 0.3) is 0 Å². The van der Waals surface area contributed by atoms with Crippen molar-refractivity contribution in [3.63, 3.8) is 0 Å². The van der Waals surface area contributed by atoms with Crippen LogP contribution >= 0.6 is 0 Å². The molecule has 170 valence electrons. The molecule has 1 amide bonds. The van der Waals surface area contributed by atoms with E-state index in [1.54, 1.807) is 17.0 Å². The van der Waals surface area contributed by atoms with Crippen LogP contribution in [-0.4, -0.2) is 47.9 Å². The van der Waals surface area contributed by atoms with Crippen LogP contribution in [-0.2, 0) is 11.2 Å². The molecule has 0 radical (unpaired) electrons. The minimum atomic E-state index is -0.664. The SMILES string of the molecule is CC1=CC(Nc2cc(N3CCNC(=O)C3)nc(Oc3cc(F)c4c(c3F)C=C(C)C4)n2)=NC1. The maximum Gasteiger partial charge on any atom is 0.326 e. The number of ether oxygens (including phenoxy) is 1. The lowest BCUT2D eigenvalue weighted by molar-refractivity contribution is -0.120. The van der Waals surface area contributed by atoms with Crippen molar-refractivity contribution < 1.29 is 18.3 Å². The van der Waals surface area contributed by atoms with E-state index in [1.165, 1.54) is 0 Å². The molecule has 5 rings (SSSR count). The number of nitrogens with zero attached hydrogens (tertiary/aromatic N) is 4. The molecular weight excluding hydrogens is 430 g/mol. The zero-order chi connectivity index (χ0) is 23.1. The summed E-state index contributed by atoms with van der Waals surface area (Å²) in [6.45, 7) is 5.48. The first-order valence-corrected chi connectivity index (χ1v) is 10.6. The van der Waals surface area contributed by atoms with Gasteiger partial charge in [-0.15, -0.1) is 0 Å². The molecule has 3 aliphatic rings. The molecule has 10 heteroatoms. The number of anilines is 2. The van der Waals surface area contributed by atoms with Crippen LogP contribution in [0.5, 0.6) is 11.8 Å². The Morgan fingerprint density at radius 2 is 2.00 bits per heavy atom. The topological polar surface area (TPSA) is 91.7 Å². The van der Waals surface area contributed by atoms with Crippen LogP contribution in [0, 0.1) is 11.6 Å². The average Bonchev–Trinajstić information content (AvgIpc) is 3.37. The molecule has 3 heterocycles. The fraction of sp³-hybridized carbons (Fsp3) is 0.304. The van der Waals surface area contributed by atoms with Gasteiger partial charge in [-0.3, -0.25) is 9.79 Å². The van der Waals surface area contributed by atoms with E-state index in [1.807, 2.05) is 19.9 Å². The highest BCUT2D eigenvalue weighted by Gasteiger charge is 2.25. The smallest absolute Gasteiger partial charge is 0.326 e. The zero-order valence-electron chi connectivity index (χ0n) is 18.2. The second-order valence-corrected chi connectivity index (χ2v) is 8.31. The number of aromatic nitrogens is 2. The van der Waals surface area contributed by atoms with Gasteiger partial charge in [0.1, 0.15) is 23.3 Å². The van der Waals surface area contributed by atoms with Crippen molar-refractivity contribution >= 4 is 29.5 Å². The van der Waals surface area contributed by atoms with Crippen molar-refractivity contribution in [2.24, 2.45) is 4.99 Å². The van der Waals surface area contributed by atoms with Crippen LogP contribution in [0.1, 0.15) is 25.0 Å². The minimum absolute atomic E-state index is 0.113. The van der Waals surface area contributed by atoms with Gasteiger partial charge >= 0.3 is 6.01 Å². The molecule has 2 aliphatic heterocycles. The molecule has 8 nitrogen and oxygen atoms in total. The van der Waals surface area contributed by atoms with E-state index < -0.39 is 11.6 Å². The summed E-state index contributed by atoms with van der Waals surface area (Å²) < 4.78 is 35.3. The molecule has 2 N–H and O–H groups in total. The van der Waals surface area contributed by atoms with Crippen LogP contribution in [0.25, 0.3) is 6.08 Å². The van der Waals surface area contributed by atoms with E-state index in [-0.39, 0.29) is 29.8 Å². The fourth-order valence-corrected chi connectivity index (χ4v) is 4.00. The van der Waals surface area contributed by atoms with Crippen LogP contribution in [0.3, 0.4) is 0 Å². The summed E-state index contributed by atoms with van der Waals surface area (Å²) in [6, 6.07) is 2.52. The number of allylic oxidation sites excluding steroid dienone is 1. The number of carbonyl (C=O) groups excluding carboxylic acids is 1. The standard InChI is InChI=1S/C23H22F2N6O2/c1-12-5-14-15(6-12)22(25)17(8-16(14)24)33-23-29-19(28-18-7-13(2)10-27-18)9-20(30-23)31-4-3-26-21(32)11-31/h6-9H,3-5,10-11H2,1-2H3,(H,26,32)(H,27,28,29,30). The second kappa shape index (κ2) is 8.27. The largest absolute Gasteiger partial charge is 0.421 e. The van der Waals surface area contributed by atoms with Crippen molar-refractivity contribution in [1.82, 2.24) is 15.3 Å². The third-order valence-corrected chi connectivity index (χ3v) is 5.56. The zero-order valence-corrected chi connectivity index (χ0v) is 18.2. The maximum atomic E-state index is 15.1. The minimum Gasteiger partial charge on any atom is -0.421 e. The number of carbonyl (C=O) groups is 1. The Kier molecular flexibility index (Phi) is 5.27. The van der Waals surface area contributed by atoms with Crippen molar-refractivity contribution in [3.05, 3.63) is 52.1 Å². The average molecular weight is 452 g/mol. The van der Waals surface area contributed by atoms with Crippen LogP contribution in [0.2, 0.25) is 0 Å². The number of hydrogen-bond donors (Lipinski definition) is 2. The Balaban J connectivity index is 1.51. The normalized spacial score (nSPS) is 17.3. The van der Waals surface area contributed by atoms with Crippen LogP contribution in [0.4, 0.5) is 20.4 Å². The molecule has 2 aromatic rings. The van der Waals surface area contributed by atoms with Crippen LogP contribution < -0.4 is 20.3 Å². The van der Waals surface area contributed by atoms with E-state index >= 15 is 4.39 Å². The van der Waals surface area contributed by atoms with Gasteiger partial charge in [-0.05, 0) is 31.9 Å². The third-order valence-electron chi connectivity index (χ3n) is 5.56. The van der Waals surface area contributed by atoms with Crippen molar-refractivity contribution in [2.45, 2.75) is 20.3 Å². The molecule has 1 aromatic carbocycles. The molecule has 1 aromatic heterocycles. The van der Waals surface area contributed by atoms with Gasteiger partial charge in [0.15, 0.2) is 11.6 Å². The molecule has 0 spiro atoms. The number of halogens is 2. The Bertz CT molecular complexity index is 1250. The molecule has 0 atom stereocenters. The van der Waals surface area contributed by atoms with Gasteiger partial charge in [-0.2, -0.15) is 9.97 Å². The highest BCUT2D eigenvalue weighted by molar-refractivity contribution is 6.05. The van der Waals surface area contributed by atoms with Crippen molar-refractivity contribution in [3.8, 4) is 11.8 Å². The summed E-state index contributed by atoms with van der Waals surface area (Å²) in [5.41, 5.74) is 2.46. The third kappa shape index (κ3) is 4.28. The highest BCUT2D eigenvalue weighted by atomic mass is 19.1. The molecular formula is C23H22F2N6O2. The maximum absolute atomic E-state index is 15.1. The lowest BCUT2D eigenvalue weighted by Crippen LogP contribution is -2.48. The summed E-state index contributed by atoms with van der Waals surface area (Å²) >= 11 is 0. The highest BCUT2D eigenvalue weighted by Crippen LogP contribution is 2.36. The van der Waals surface area contributed by atoms with Gasteiger partial charge in [0.2, 0.25) is 5.91 Å². The first kappa shape index (κ1) is 21.0. The molecule has 1 aliphatic carbocycles.